The van der Waals surface area contributed by atoms with Crippen molar-refractivity contribution < 1.29 is 4.92 Å². The molecule has 0 heterocycles. The van der Waals surface area contributed by atoms with Gasteiger partial charge in [-0.1, -0.05) is 41.6 Å². The van der Waals surface area contributed by atoms with Crippen LogP contribution in [0.1, 0.15) is 51.0 Å². The maximum Gasteiger partial charge on any atom is 0.270 e. The number of nitrogens with one attached hydrogen (secondary N) is 1. The van der Waals surface area contributed by atoms with E-state index >= 15 is 0 Å². The number of hydrogen-bond acceptors (Lipinski definition) is 3. The molecule has 0 amide bonds. The average Bonchev–Trinajstić information content (AvgIpc) is 2.74. The van der Waals surface area contributed by atoms with Gasteiger partial charge in [0.25, 0.3) is 5.69 Å². The van der Waals surface area contributed by atoms with E-state index in [2.05, 4.69) is 28.2 Å². The van der Waals surface area contributed by atoms with Crippen molar-refractivity contribution in [3.05, 3.63) is 38.3 Å². The molecule has 1 atom stereocenters. The van der Waals surface area contributed by atoms with Crippen molar-refractivity contribution in [2.75, 3.05) is 0 Å². The van der Waals surface area contributed by atoms with Crippen LogP contribution in [0.15, 0.2) is 22.7 Å². The summed E-state index contributed by atoms with van der Waals surface area (Å²) in [5.41, 5.74) is 1.20. The second-order valence-electron chi connectivity index (χ2n) is 5.95. The molecule has 0 saturated heterocycles. The second kappa shape index (κ2) is 7.90. The lowest BCUT2D eigenvalue weighted by molar-refractivity contribution is -0.384. The van der Waals surface area contributed by atoms with Crippen molar-refractivity contribution in [2.24, 2.45) is 5.92 Å². The Morgan fingerprint density at radius 1 is 1.33 bits per heavy atom. The summed E-state index contributed by atoms with van der Waals surface area (Å²) in [7, 11) is 0. The molecule has 5 heteroatoms. The van der Waals surface area contributed by atoms with Gasteiger partial charge in [-0.05, 0) is 37.3 Å². The molecule has 0 radical (unpaired) electrons. The van der Waals surface area contributed by atoms with Crippen LogP contribution in [0.25, 0.3) is 0 Å². The number of non-ortho nitro benzene ring substituents is 1. The molecule has 0 aliphatic heterocycles. The third-order valence-electron chi connectivity index (χ3n) is 4.47. The first-order chi connectivity index (χ1) is 10.1. The predicted molar refractivity (Wildman–Crippen MR) is 88.3 cm³/mol. The molecular formula is C16H23BrN2O2. The van der Waals surface area contributed by atoms with Crippen LogP contribution in [-0.2, 0) is 6.54 Å². The minimum Gasteiger partial charge on any atom is -0.310 e. The summed E-state index contributed by atoms with van der Waals surface area (Å²) in [5.74, 6) is 0.754. The van der Waals surface area contributed by atoms with Gasteiger partial charge in [0.15, 0.2) is 0 Å². The maximum absolute atomic E-state index is 10.7. The summed E-state index contributed by atoms with van der Waals surface area (Å²) >= 11 is 3.43. The van der Waals surface area contributed by atoms with E-state index in [1.54, 1.807) is 12.1 Å². The fraction of sp³-hybridized carbons (Fsp3) is 0.625. The fourth-order valence-electron chi connectivity index (χ4n) is 3.04. The third kappa shape index (κ3) is 4.78. The molecule has 0 bridgehead atoms. The Morgan fingerprint density at radius 3 is 2.57 bits per heavy atom. The highest BCUT2D eigenvalue weighted by molar-refractivity contribution is 9.10. The van der Waals surface area contributed by atoms with Crippen LogP contribution in [0, 0.1) is 16.0 Å². The minimum absolute atomic E-state index is 0.127. The molecule has 0 unspecified atom stereocenters. The predicted octanol–water partition coefficient (Wildman–Crippen LogP) is 4.81. The van der Waals surface area contributed by atoms with Crippen LogP contribution < -0.4 is 5.32 Å². The number of nitro groups is 1. The van der Waals surface area contributed by atoms with Crippen molar-refractivity contribution >= 4 is 21.6 Å². The molecule has 4 nitrogen and oxygen atoms in total. The van der Waals surface area contributed by atoms with Crippen molar-refractivity contribution in [3.63, 3.8) is 0 Å². The van der Waals surface area contributed by atoms with Crippen LogP contribution in [0.2, 0.25) is 0 Å². The number of hydrogen-bond donors (Lipinski definition) is 1. The van der Waals surface area contributed by atoms with Gasteiger partial charge in [0.05, 0.1) is 4.92 Å². The van der Waals surface area contributed by atoms with E-state index in [9.17, 15) is 10.1 Å². The highest BCUT2D eigenvalue weighted by Gasteiger charge is 2.19. The van der Waals surface area contributed by atoms with Gasteiger partial charge in [0.1, 0.15) is 0 Å². The molecule has 21 heavy (non-hydrogen) atoms. The second-order valence-corrected chi connectivity index (χ2v) is 6.81. The van der Waals surface area contributed by atoms with E-state index in [1.165, 1.54) is 38.5 Å². The molecule has 1 aromatic rings. The maximum atomic E-state index is 10.7. The van der Waals surface area contributed by atoms with Gasteiger partial charge in [-0.2, -0.15) is 0 Å². The first-order valence-electron chi connectivity index (χ1n) is 7.74. The number of nitro benzene ring substituents is 1. The average molecular weight is 355 g/mol. The normalized spacial score (nSPS) is 18.2. The molecule has 116 valence electrons. The Kier molecular flexibility index (Phi) is 6.18. The highest BCUT2D eigenvalue weighted by Crippen LogP contribution is 2.27. The van der Waals surface area contributed by atoms with Crippen molar-refractivity contribution in [1.29, 1.82) is 0 Å². The van der Waals surface area contributed by atoms with Crippen molar-refractivity contribution in [2.45, 2.75) is 58.0 Å². The van der Waals surface area contributed by atoms with Gasteiger partial charge in [-0.15, -0.1) is 0 Å². The zero-order chi connectivity index (χ0) is 15.2. The Morgan fingerprint density at radius 2 is 2.00 bits per heavy atom. The number of rotatable bonds is 5. The van der Waals surface area contributed by atoms with Gasteiger partial charge in [0, 0.05) is 29.2 Å². The van der Waals surface area contributed by atoms with E-state index in [4.69, 9.17) is 0 Å². The van der Waals surface area contributed by atoms with E-state index in [0.29, 0.717) is 6.04 Å². The summed E-state index contributed by atoms with van der Waals surface area (Å²) in [6, 6.07) is 5.46. The van der Waals surface area contributed by atoms with Gasteiger partial charge in [-0.3, -0.25) is 10.1 Å². The van der Waals surface area contributed by atoms with E-state index in [1.807, 2.05) is 6.07 Å². The van der Waals surface area contributed by atoms with Crippen LogP contribution in [0.3, 0.4) is 0 Å². The smallest absolute Gasteiger partial charge is 0.270 e. The summed E-state index contributed by atoms with van der Waals surface area (Å²) in [4.78, 5) is 10.4. The topological polar surface area (TPSA) is 55.2 Å². The van der Waals surface area contributed by atoms with Gasteiger partial charge in [-0.25, -0.2) is 0 Å². The molecule has 1 aliphatic carbocycles. The molecule has 1 saturated carbocycles. The quantitative estimate of drug-likeness (QED) is 0.469. The summed E-state index contributed by atoms with van der Waals surface area (Å²) < 4.78 is 0.803. The monoisotopic (exact) mass is 354 g/mol. The van der Waals surface area contributed by atoms with Crippen LogP contribution >= 0.6 is 15.9 Å². The molecule has 1 aromatic carbocycles. The lowest BCUT2D eigenvalue weighted by Gasteiger charge is -2.24. The van der Waals surface area contributed by atoms with Crippen LogP contribution in [0.4, 0.5) is 5.69 Å². The summed E-state index contributed by atoms with van der Waals surface area (Å²) in [6.07, 6.45) is 8.06. The van der Waals surface area contributed by atoms with Crippen molar-refractivity contribution in [1.82, 2.24) is 5.32 Å². The van der Waals surface area contributed by atoms with E-state index < -0.39 is 0 Å². The Labute approximate surface area is 134 Å². The molecule has 0 aromatic heterocycles. The Bertz CT molecular complexity index is 485. The Balaban J connectivity index is 1.91. The molecular weight excluding hydrogens is 332 g/mol. The number of halogens is 1. The van der Waals surface area contributed by atoms with Crippen molar-refractivity contribution in [3.8, 4) is 0 Å². The van der Waals surface area contributed by atoms with E-state index in [0.717, 1.165) is 22.5 Å². The lowest BCUT2D eigenvalue weighted by Crippen LogP contribution is -2.33. The zero-order valence-corrected chi connectivity index (χ0v) is 14.1. The molecule has 0 spiro atoms. The van der Waals surface area contributed by atoms with Gasteiger partial charge < -0.3 is 5.32 Å². The first-order valence-corrected chi connectivity index (χ1v) is 8.53. The standard InChI is InChI=1S/C16H23BrN2O2/c1-12(13-6-4-2-3-5-7-13)18-11-14-8-9-15(19(20)21)10-16(14)17/h8-10,12-13,18H,2-7,11H2,1H3/t12-/m1/s1. The minimum atomic E-state index is -0.365. The Hall–Kier alpha value is -0.940. The van der Waals surface area contributed by atoms with Crippen LogP contribution in [-0.4, -0.2) is 11.0 Å². The molecule has 1 aliphatic rings. The highest BCUT2D eigenvalue weighted by atomic mass is 79.9. The fourth-order valence-corrected chi connectivity index (χ4v) is 3.55. The zero-order valence-electron chi connectivity index (χ0n) is 12.5. The van der Waals surface area contributed by atoms with Gasteiger partial charge >= 0.3 is 0 Å². The lowest BCUT2D eigenvalue weighted by atomic mass is 9.93. The van der Waals surface area contributed by atoms with Gasteiger partial charge in [0.2, 0.25) is 0 Å². The summed E-state index contributed by atoms with van der Waals surface area (Å²) in [6.45, 7) is 3.01. The molecule has 1 N–H and O–H groups in total. The SMILES string of the molecule is C[C@@H](NCc1ccc([N+](=O)[O-])cc1Br)C1CCCCCC1. The first kappa shape index (κ1) is 16.4. The molecule has 1 fully saturated rings. The van der Waals surface area contributed by atoms with Crippen LogP contribution in [0.5, 0.6) is 0 Å². The number of benzene rings is 1. The number of nitrogens with zero attached hydrogens (tertiary/aromatic N) is 1. The largest absolute Gasteiger partial charge is 0.310 e. The summed E-state index contributed by atoms with van der Waals surface area (Å²) in [5, 5.41) is 14.3. The third-order valence-corrected chi connectivity index (χ3v) is 5.21. The van der Waals surface area contributed by atoms with E-state index in [-0.39, 0.29) is 10.6 Å². The molecule has 2 rings (SSSR count).